The molecule has 0 fully saturated rings. The van der Waals surface area contributed by atoms with E-state index < -0.39 is 0 Å². The van der Waals surface area contributed by atoms with Crippen molar-refractivity contribution in [2.75, 3.05) is 0 Å². The monoisotopic (exact) mass is 203 g/mol. The Bertz CT molecular complexity index is 440. The molecular formula is C12H13NS. The Balaban J connectivity index is 2.49. The summed E-state index contributed by atoms with van der Waals surface area (Å²) in [4.78, 5) is 5.72. The van der Waals surface area contributed by atoms with Crippen LogP contribution in [0.25, 0.3) is 10.4 Å². The van der Waals surface area contributed by atoms with E-state index in [1.54, 1.807) is 11.3 Å². The third-order valence-corrected chi connectivity index (χ3v) is 3.34. The molecule has 0 atom stereocenters. The average molecular weight is 203 g/mol. The van der Waals surface area contributed by atoms with Gasteiger partial charge in [0, 0.05) is 0 Å². The predicted molar refractivity (Wildman–Crippen MR) is 61.8 cm³/mol. The Labute approximate surface area is 88.4 Å². The highest BCUT2D eigenvalue weighted by molar-refractivity contribution is 7.15. The molecule has 0 aliphatic rings. The summed E-state index contributed by atoms with van der Waals surface area (Å²) in [6.07, 6.45) is 0. The molecule has 1 aromatic carbocycles. The van der Waals surface area contributed by atoms with Crippen LogP contribution in [-0.2, 0) is 0 Å². The Hall–Kier alpha value is -1.15. The summed E-state index contributed by atoms with van der Waals surface area (Å²) in [6.45, 7) is 6.22. The molecule has 0 amide bonds. The van der Waals surface area contributed by atoms with E-state index in [4.69, 9.17) is 0 Å². The van der Waals surface area contributed by atoms with Gasteiger partial charge in [0.05, 0.1) is 15.6 Å². The van der Waals surface area contributed by atoms with Gasteiger partial charge >= 0.3 is 0 Å². The first-order valence-corrected chi connectivity index (χ1v) is 5.49. The van der Waals surface area contributed by atoms with E-state index in [-0.39, 0.29) is 0 Å². The van der Waals surface area contributed by atoms with Crippen LogP contribution >= 0.6 is 11.3 Å². The highest BCUT2D eigenvalue weighted by atomic mass is 32.1. The van der Waals surface area contributed by atoms with Crippen molar-refractivity contribution in [3.8, 4) is 10.4 Å². The molecule has 2 rings (SSSR count). The zero-order chi connectivity index (χ0) is 10.1. The topological polar surface area (TPSA) is 12.9 Å². The van der Waals surface area contributed by atoms with E-state index in [1.807, 2.05) is 0 Å². The van der Waals surface area contributed by atoms with E-state index in [1.165, 1.54) is 16.0 Å². The molecule has 1 aromatic heterocycles. The van der Waals surface area contributed by atoms with Crippen molar-refractivity contribution in [1.29, 1.82) is 0 Å². The lowest BCUT2D eigenvalue weighted by Crippen LogP contribution is -1.78. The second-order valence-electron chi connectivity index (χ2n) is 3.51. The first-order chi connectivity index (χ1) is 6.66. The van der Waals surface area contributed by atoms with Crippen LogP contribution in [0.5, 0.6) is 0 Å². The standard InChI is InChI=1S/C12H13NS/c1-8-4-6-11(7-5-8)12-9(2)13-10(3)14-12/h4-7H,1-3H3. The minimum Gasteiger partial charge on any atom is -0.246 e. The summed E-state index contributed by atoms with van der Waals surface area (Å²) >= 11 is 1.76. The molecule has 72 valence electrons. The molecule has 0 saturated carbocycles. The average Bonchev–Trinajstić information content (AvgIpc) is 2.47. The summed E-state index contributed by atoms with van der Waals surface area (Å²) in [5.41, 5.74) is 3.71. The molecule has 0 aliphatic carbocycles. The van der Waals surface area contributed by atoms with Crippen LogP contribution in [0.15, 0.2) is 24.3 Å². The van der Waals surface area contributed by atoms with Gasteiger partial charge in [-0.2, -0.15) is 0 Å². The van der Waals surface area contributed by atoms with Crippen molar-refractivity contribution in [2.24, 2.45) is 0 Å². The molecule has 1 nitrogen and oxygen atoms in total. The van der Waals surface area contributed by atoms with Crippen molar-refractivity contribution < 1.29 is 0 Å². The lowest BCUT2D eigenvalue weighted by molar-refractivity contribution is 1.20. The number of benzene rings is 1. The SMILES string of the molecule is Cc1ccc(-c2sc(C)nc2C)cc1. The molecule has 2 aromatic rings. The lowest BCUT2D eigenvalue weighted by atomic mass is 10.1. The molecule has 0 saturated heterocycles. The normalized spacial score (nSPS) is 10.5. The van der Waals surface area contributed by atoms with Crippen LogP contribution in [0.1, 0.15) is 16.3 Å². The van der Waals surface area contributed by atoms with Gasteiger partial charge in [0.2, 0.25) is 0 Å². The Morgan fingerprint density at radius 1 is 1.00 bits per heavy atom. The molecule has 0 unspecified atom stereocenters. The molecular weight excluding hydrogens is 190 g/mol. The third kappa shape index (κ3) is 1.70. The molecule has 0 N–H and O–H groups in total. The Morgan fingerprint density at radius 3 is 2.14 bits per heavy atom. The lowest BCUT2D eigenvalue weighted by Gasteiger charge is -1.98. The van der Waals surface area contributed by atoms with E-state index in [0.717, 1.165) is 10.7 Å². The third-order valence-electron chi connectivity index (χ3n) is 2.22. The van der Waals surface area contributed by atoms with Crippen LogP contribution in [0, 0.1) is 20.8 Å². The number of nitrogens with zero attached hydrogens (tertiary/aromatic N) is 1. The smallest absolute Gasteiger partial charge is 0.0903 e. The van der Waals surface area contributed by atoms with Gasteiger partial charge in [-0.05, 0) is 26.3 Å². The van der Waals surface area contributed by atoms with Crippen molar-refractivity contribution in [2.45, 2.75) is 20.8 Å². The molecule has 0 radical (unpaired) electrons. The summed E-state index contributed by atoms with van der Waals surface area (Å²) < 4.78 is 0. The maximum absolute atomic E-state index is 4.43. The molecule has 2 heteroatoms. The van der Waals surface area contributed by atoms with Crippen LogP contribution in [-0.4, -0.2) is 4.98 Å². The van der Waals surface area contributed by atoms with Gasteiger partial charge in [-0.1, -0.05) is 29.8 Å². The number of hydrogen-bond donors (Lipinski definition) is 0. The number of aromatic nitrogens is 1. The second-order valence-corrected chi connectivity index (χ2v) is 4.72. The van der Waals surface area contributed by atoms with E-state index in [0.29, 0.717) is 0 Å². The van der Waals surface area contributed by atoms with Gasteiger partial charge in [0.15, 0.2) is 0 Å². The summed E-state index contributed by atoms with van der Waals surface area (Å²) in [6, 6.07) is 8.61. The molecule has 0 bridgehead atoms. The van der Waals surface area contributed by atoms with Crippen molar-refractivity contribution in [3.63, 3.8) is 0 Å². The number of aryl methyl sites for hydroxylation is 3. The summed E-state index contributed by atoms with van der Waals surface area (Å²) in [5.74, 6) is 0. The predicted octanol–water partition coefficient (Wildman–Crippen LogP) is 3.74. The zero-order valence-electron chi connectivity index (χ0n) is 8.66. The molecule has 14 heavy (non-hydrogen) atoms. The first-order valence-electron chi connectivity index (χ1n) is 4.68. The van der Waals surface area contributed by atoms with Crippen LogP contribution in [0.3, 0.4) is 0 Å². The van der Waals surface area contributed by atoms with E-state index >= 15 is 0 Å². The van der Waals surface area contributed by atoms with Gasteiger partial charge in [-0.15, -0.1) is 11.3 Å². The van der Waals surface area contributed by atoms with Gasteiger partial charge < -0.3 is 0 Å². The summed E-state index contributed by atoms with van der Waals surface area (Å²) in [5, 5.41) is 1.14. The van der Waals surface area contributed by atoms with Crippen molar-refractivity contribution in [1.82, 2.24) is 4.98 Å². The number of thiazole rings is 1. The van der Waals surface area contributed by atoms with E-state index in [9.17, 15) is 0 Å². The maximum atomic E-state index is 4.43. The highest BCUT2D eigenvalue weighted by Crippen LogP contribution is 2.29. The fraction of sp³-hybridized carbons (Fsp3) is 0.250. The van der Waals surface area contributed by atoms with Crippen molar-refractivity contribution in [3.05, 3.63) is 40.5 Å². The van der Waals surface area contributed by atoms with Crippen LogP contribution in [0.4, 0.5) is 0 Å². The summed E-state index contributed by atoms with van der Waals surface area (Å²) in [7, 11) is 0. The van der Waals surface area contributed by atoms with Gasteiger partial charge in [0.1, 0.15) is 0 Å². The highest BCUT2D eigenvalue weighted by Gasteiger charge is 2.06. The van der Waals surface area contributed by atoms with Crippen LogP contribution < -0.4 is 0 Å². The molecule has 1 heterocycles. The molecule has 0 aliphatic heterocycles. The Morgan fingerprint density at radius 2 is 1.64 bits per heavy atom. The Kier molecular flexibility index (Phi) is 2.38. The van der Waals surface area contributed by atoms with Gasteiger partial charge in [0.25, 0.3) is 0 Å². The number of rotatable bonds is 1. The van der Waals surface area contributed by atoms with Crippen molar-refractivity contribution >= 4 is 11.3 Å². The van der Waals surface area contributed by atoms with Crippen LogP contribution in [0.2, 0.25) is 0 Å². The van der Waals surface area contributed by atoms with Gasteiger partial charge in [-0.3, -0.25) is 0 Å². The fourth-order valence-electron chi connectivity index (χ4n) is 1.50. The fourth-order valence-corrected chi connectivity index (χ4v) is 2.43. The molecule has 0 spiro atoms. The van der Waals surface area contributed by atoms with E-state index in [2.05, 4.69) is 50.0 Å². The second kappa shape index (κ2) is 3.54. The minimum atomic E-state index is 1.14. The van der Waals surface area contributed by atoms with Gasteiger partial charge in [-0.25, -0.2) is 4.98 Å². The maximum Gasteiger partial charge on any atom is 0.0903 e. The first kappa shape index (κ1) is 9.41. The number of hydrogen-bond acceptors (Lipinski definition) is 2. The minimum absolute atomic E-state index is 1.14. The quantitative estimate of drug-likeness (QED) is 0.688. The zero-order valence-corrected chi connectivity index (χ0v) is 9.48. The largest absolute Gasteiger partial charge is 0.246 e.